The first kappa shape index (κ1) is 22.0. The minimum Gasteiger partial charge on any atom is -0.480 e. The van der Waals surface area contributed by atoms with Gasteiger partial charge in [-0.25, -0.2) is 0 Å². The molecule has 0 unspecified atom stereocenters. The average molecular weight is 357 g/mol. The molecule has 0 saturated carbocycles. The zero-order valence-electron chi connectivity index (χ0n) is 17.2. The van der Waals surface area contributed by atoms with Crippen LogP contribution in [0.5, 0.6) is 0 Å². The number of carboxylic acid groups (broad SMARTS) is 1. The first-order chi connectivity index (χ1) is 12.7. The summed E-state index contributed by atoms with van der Waals surface area (Å²) in [5, 5.41) is 10.9. The fourth-order valence-electron chi connectivity index (χ4n) is 3.02. The minimum absolute atomic E-state index is 0.153. The molecule has 148 valence electrons. The normalized spacial score (nSPS) is 11.3. The highest BCUT2D eigenvalue weighted by atomic mass is 16.4. The van der Waals surface area contributed by atoms with Crippen molar-refractivity contribution in [3.8, 4) is 0 Å². The number of unbranched alkanes of at least 4 members (excludes halogenated alkanes) is 15. The Labute approximate surface area is 156 Å². The van der Waals surface area contributed by atoms with E-state index in [1.54, 1.807) is 0 Å². The molecule has 0 aromatic carbocycles. The third-order valence-electron chi connectivity index (χ3n) is 4.59. The van der Waals surface area contributed by atoms with Gasteiger partial charge < -0.3 is 10.4 Å². The molecule has 0 aliphatic rings. The van der Waals surface area contributed by atoms with Crippen molar-refractivity contribution in [1.29, 1.82) is 0 Å². The summed E-state index contributed by atoms with van der Waals surface area (Å²) in [6.45, 7) is 0.317. The van der Waals surface area contributed by atoms with E-state index >= 15 is 0 Å². The monoisotopic (exact) mass is 356 g/mol. The lowest BCUT2D eigenvalue weighted by atomic mass is 10.0. The predicted molar refractivity (Wildman–Crippen MR) is 105 cm³/mol. The Kier molecular flexibility index (Phi) is 16.9. The van der Waals surface area contributed by atoms with Crippen LogP contribution in [0.1, 0.15) is 117 Å². The molecule has 0 rings (SSSR count). The van der Waals surface area contributed by atoms with E-state index in [4.69, 9.17) is 6.48 Å². The largest absolute Gasteiger partial charge is 0.480 e. The van der Waals surface area contributed by atoms with Gasteiger partial charge in [0, 0.05) is 7.79 Å². The standard InChI is InChI=1S/C21H41NO3/c1-2-3-4-5-6-7-8-9-10-11-12-13-14-15-16-17-18-20(23)22-19-21(24)25/h2-19H2,1H3,(H,22,23)(H,24,25)/i1D. The SMILES string of the molecule is [2H]CCCCCCCCCCCCCCCCCCC(=O)NCC(=O)O. The number of rotatable bonds is 19. The molecular weight excluding hydrogens is 314 g/mol. The summed E-state index contributed by atoms with van der Waals surface area (Å²) >= 11 is 0. The quantitative estimate of drug-likeness (QED) is 0.286. The number of aliphatic carboxylic acids is 1. The Morgan fingerprint density at radius 1 is 0.720 bits per heavy atom. The van der Waals surface area contributed by atoms with Gasteiger partial charge in [-0.3, -0.25) is 9.59 Å². The summed E-state index contributed by atoms with van der Waals surface area (Å²) in [7, 11) is 0. The number of carbonyl (C=O) groups is 2. The van der Waals surface area contributed by atoms with Crippen LogP contribution in [0.2, 0.25) is 0 Å². The van der Waals surface area contributed by atoms with Crippen LogP contribution < -0.4 is 5.32 Å². The maximum atomic E-state index is 11.3. The van der Waals surface area contributed by atoms with Gasteiger partial charge in [-0.05, 0) is 6.42 Å². The molecule has 0 bridgehead atoms. The topological polar surface area (TPSA) is 66.4 Å². The highest BCUT2D eigenvalue weighted by molar-refractivity contribution is 5.80. The molecule has 0 aromatic heterocycles. The van der Waals surface area contributed by atoms with Crippen LogP contribution in [0, 0.1) is 0 Å². The van der Waals surface area contributed by atoms with Crippen molar-refractivity contribution in [2.45, 2.75) is 116 Å². The van der Waals surface area contributed by atoms with Crippen molar-refractivity contribution >= 4 is 11.9 Å². The van der Waals surface area contributed by atoms with E-state index < -0.39 is 5.97 Å². The molecule has 0 aliphatic carbocycles. The third-order valence-corrected chi connectivity index (χ3v) is 4.59. The van der Waals surface area contributed by atoms with Crippen molar-refractivity contribution in [2.24, 2.45) is 0 Å². The molecule has 0 aliphatic heterocycles. The maximum Gasteiger partial charge on any atom is 0.322 e. The second-order valence-electron chi connectivity index (χ2n) is 7.08. The molecule has 0 radical (unpaired) electrons. The molecule has 0 atom stereocenters. The lowest BCUT2D eigenvalue weighted by molar-refractivity contribution is -0.137. The Morgan fingerprint density at radius 3 is 1.52 bits per heavy atom. The molecule has 25 heavy (non-hydrogen) atoms. The van der Waals surface area contributed by atoms with E-state index in [-0.39, 0.29) is 12.5 Å². The fourth-order valence-corrected chi connectivity index (χ4v) is 3.02. The summed E-state index contributed by atoms with van der Waals surface area (Å²) < 4.78 is 7.10. The molecule has 0 spiro atoms. The number of hydrogen-bond donors (Lipinski definition) is 2. The van der Waals surface area contributed by atoms with Crippen LogP contribution in [0.15, 0.2) is 0 Å². The molecule has 0 saturated heterocycles. The highest BCUT2D eigenvalue weighted by Crippen LogP contribution is 2.13. The van der Waals surface area contributed by atoms with Crippen LogP contribution in [0.3, 0.4) is 0 Å². The first-order valence-corrected chi connectivity index (χ1v) is 10.4. The summed E-state index contributed by atoms with van der Waals surface area (Å²) in [6, 6.07) is 0. The van der Waals surface area contributed by atoms with Gasteiger partial charge in [-0.2, -0.15) is 0 Å². The maximum absolute atomic E-state index is 11.3. The van der Waals surface area contributed by atoms with Gasteiger partial charge in [0.25, 0.3) is 0 Å². The molecule has 0 heterocycles. The number of hydrogen-bond acceptors (Lipinski definition) is 2. The summed E-state index contributed by atoms with van der Waals surface area (Å²) in [5.74, 6) is -1.14. The zero-order chi connectivity index (χ0) is 19.3. The predicted octanol–water partition coefficient (Wildman–Crippen LogP) is 5.84. The van der Waals surface area contributed by atoms with Gasteiger partial charge in [0.15, 0.2) is 0 Å². The lowest BCUT2D eigenvalue weighted by Gasteiger charge is -2.04. The van der Waals surface area contributed by atoms with E-state index in [2.05, 4.69) is 5.32 Å². The number of amides is 1. The number of carbonyl (C=O) groups excluding carboxylic acids is 1. The summed E-state index contributed by atoms with van der Waals surface area (Å²) in [6.07, 6.45) is 20.6. The second kappa shape index (κ2) is 19.3. The van der Waals surface area contributed by atoms with Gasteiger partial charge in [-0.15, -0.1) is 0 Å². The lowest BCUT2D eigenvalue weighted by Crippen LogP contribution is -2.28. The Hall–Kier alpha value is -1.06. The summed E-state index contributed by atoms with van der Waals surface area (Å²) in [4.78, 5) is 21.6. The van der Waals surface area contributed by atoms with E-state index in [0.29, 0.717) is 13.3 Å². The van der Waals surface area contributed by atoms with Crippen LogP contribution >= 0.6 is 0 Å². The van der Waals surface area contributed by atoms with E-state index in [9.17, 15) is 9.59 Å². The number of carboxylic acids is 1. The molecule has 0 aromatic rings. The van der Waals surface area contributed by atoms with Gasteiger partial charge >= 0.3 is 5.97 Å². The Bertz CT molecular complexity index is 337. The molecule has 4 heteroatoms. The van der Waals surface area contributed by atoms with Gasteiger partial charge in [0.05, 0.1) is 0 Å². The summed E-state index contributed by atoms with van der Waals surface area (Å²) in [5.41, 5.74) is 0. The van der Waals surface area contributed by atoms with E-state index in [0.717, 1.165) is 19.3 Å². The number of nitrogens with one attached hydrogen (secondary N) is 1. The molecule has 1 amide bonds. The van der Waals surface area contributed by atoms with E-state index in [1.807, 2.05) is 0 Å². The smallest absolute Gasteiger partial charge is 0.322 e. The van der Waals surface area contributed by atoms with Crippen molar-refractivity contribution in [3.63, 3.8) is 0 Å². The Morgan fingerprint density at radius 2 is 1.12 bits per heavy atom. The van der Waals surface area contributed by atoms with Crippen molar-refractivity contribution in [1.82, 2.24) is 5.32 Å². The first-order valence-electron chi connectivity index (χ1n) is 11.1. The molecule has 4 nitrogen and oxygen atoms in total. The van der Waals surface area contributed by atoms with Crippen LogP contribution in [0.25, 0.3) is 0 Å². The Balaban J connectivity index is 3.09. The van der Waals surface area contributed by atoms with Crippen LogP contribution in [-0.4, -0.2) is 23.5 Å². The van der Waals surface area contributed by atoms with Crippen molar-refractivity contribution in [2.75, 3.05) is 6.54 Å². The van der Waals surface area contributed by atoms with E-state index in [1.165, 1.54) is 83.5 Å². The minimum atomic E-state index is -0.991. The third kappa shape index (κ3) is 20.9. The van der Waals surface area contributed by atoms with Crippen LogP contribution in [-0.2, 0) is 9.59 Å². The van der Waals surface area contributed by atoms with Gasteiger partial charge in [0.1, 0.15) is 6.54 Å². The van der Waals surface area contributed by atoms with Gasteiger partial charge in [0.2, 0.25) is 5.91 Å². The van der Waals surface area contributed by atoms with Crippen molar-refractivity contribution in [3.05, 3.63) is 0 Å². The van der Waals surface area contributed by atoms with Gasteiger partial charge in [-0.1, -0.05) is 103 Å². The van der Waals surface area contributed by atoms with Crippen LogP contribution in [0.4, 0.5) is 0 Å². The molecular formula is C21H41NO3. The van der Waals surface area contributed by atoms with Crippen molar-refractivity contribution < 1.29 is 16.1 Å². The fraction of sp³-hybridized carbons (Fsp3) is 0.905. The zero-order valence-corrected chi connectivity index (χ0v) is 16.2. The second-order valence-corrected chi connectivity index (χ2v) is 7.08. The molecule has 0 fully saturated rings. The average Bonchev–Trinajstić information content (AvgIpc) is 2.62. The molecule has 2 N–H and O–H groups in total. The highest BCUT2D eigenvalue weighted by Gasteiger charge is 2.03.